The van der Waals surface area contributed by atoms with Gasteiger partial charge in [-0.2, -0.15) is 18.3 Å². The lowest BCUT2D eigenvalue weighted by molar-refractivity contribution is -0.137. The summed E-state index contributed by atoms with van der Waals surface area (Å²) >= 11 is 7.46. The van der Waals surface area contributed by atoms with Crippen molar-refractivity contribution in [2.75, 3.05) is 23.5 Å². The van der Waals surface area contributed by atoms with Gasteiger partial charge in [-0.05, 0) is 25.1 Å². The van der Waals surface area contributed by atoms with Gasteiger partial charge in [-0.1, -0.05) is 11.6 Å². The van der Waals surface area contributed by atoms with Crippen LogP contribution in [-0.2, 0) is 15.8 Å². The van der Waals surface area contributed by atoms with Crippen molar-refractivity contribution < 1.29 is 22.8 Å². The highest BCUT2D eigenvalue weighted by atomic mass is 35.5. The zero-order chi connectivity index (χ0) is 19.8. The number of aryl methyl sites for hydroxylation is 1. The Bertz CT molecular complexity index is 900. The van der Waals surface area contributed by atoms with Crippen LogP contribution < -0.4 is 5.32 Å². The molecule has 1 aliphatic heterocycles. The van der Waals surface area contributed by atoms with Crippen molar-refractivity contribution in [3.8, 4) is 5.69 Å². The summed E-state index contributed by atoms with van der Waals surface area (Å²) in [6.45, 7) is 1.49. The number of aromatic nitrogens is 2. The van der Waals surface area contributed by atoms with E-state index in [9.17, 15) is 22.8 Å². The second-order valence-electron chi connectivity index (χ2n) is 5.86. The van der Waals surface area contributed by atoms with Gasteiger partial charge in [-0.25, -0.2) is 4.68 Å². The summed E-state index contributed by atoms with van der Waals surface area (Å²) in [4.78, 5) is 25.3. The molecule has 0 bridgehead atoms. The summed E-state index contributed by atoms with van der Waals surface area (Å²) in [6, 6.07) is 4.37. The molecule has 2 heterocycles. The van der Waals surface area contributed by atoms with Gasteiger partial charge in [0.25, 0.3) is 0 Å². The number of benzene rings is 1. The molecule has 2 amide bonds. The highest BCUT2D eigenvalue weighted by molar-refractivity contribution is 8.00. The molecule has 3 rings (SSSR count). The van der Waals surface area contributed by atoms with Crippen LogP contribution in [0.25, 0.3) is 5.69 Å². The van der Waals surface area contributed by atoms with Crippen molar-refractivity contribution >= 4 is 41.0 Å². The van der Waals surface area contributed by atoms with E-state index in [0.717, 1.165) is 22.9 Å². The van der Waals surface area contributed by atoms with Crippen LogP contribution in [0.4, 0.5) is 19.0 Å². The van der Waals surface area contributed by atoms with Gasteiger partial charge in [-0.3, -0.25) is 9.59 Å². The predicted octanol–water partition coefficient (Wildman–Crippen LogP) is 3.32. The molecule has 144 valence electrons. The zero-order valence-corrected chi connectivity index (χ0v) is 15.6. The van der Waals surface area contributed by atoms with E-state index in [1.54, 1.807) is 6.92 Å². The van der Waals surface area contributed by atoms with Gasteiger partial charge >= 0.3 is 6.18 Å². The van der Waals surface area contributed by atoms with E-state index in [0.29, 0.717) is 17.3 Å². The summed E-state index contributed by atoms with van der Waals surface area (Å²) in [7, 11) is 0. The van der Waals surface area contributed by atoms with Crippen molar-refractivity contribution in [2.24, 2.45) is 0 Å². The average molecular weight is 419 g/mol. The number of hydrogen-bond acceptors (Lipinski definition) is 4. The van der Waals surface area contributed by atoms with Crippen molar-refractivity contribution in [2.45, 2.75) is 13.1 Å². The van der Waals surface area contributed by atoms with Crippen LogP contribution in [-0.4, -0.2) is 44.7 Å². The van der Waals surface area contributed by atoms with Crippen LogP contribution in [0.3, 0.4) is 0 Å². The fourth-order valence-electron chi connectivity index (χ4n) is 2.52. The van der Waals surface area contributed by atoms with Gasteiger partial charge in [0.1, 0.15) is 12.4 Å². The topological polar surface area (TPSA) is 67.2 Å². The lowest BCUT2D eigenvalue weighted by Crippen LogP contribution is -2.34. The molecular weight excluding hydrogens is 405 g/mol. The Balaban J connectivity index is 1.88. The Morgan fingerprint density at radius 2 is 2.11 bits per heavy atom. The Morgan fingerprint density at radius 1 is 1.37 bits per heavy atom. The summed E-state index contributed by atoms with van der Waals surface area (Å²) in [5.74, 6) is 0.294. The van der Waals surface area contributed by atoms with Crippen LogP contribution in [0.5, 0.6) is 0 Å². The van der Waals surface area contributed by atoms with E-state index >= 15 is 0 Å². The van der Waals surface area contributed by atoms with Crippen molar-refractivity contribution in [3.05, 3.63) is 40.5 Å². The van der Waals surface area contributed by atoms with Crippen LogP contribution in [0.2, 0.25) is 5.02 Å². The molecule has 0 atom stereocenters. The van der Waals surface area contributed by atoms with Gasteiger partial charge in [0, 0.05) is 6.07 Å². The van der Waals surface area contributed by atoms with E-state index in [1.807, 2.05) is 0 Å². The molecule has 1 saturated heterocycles. The van der Waals surface area contributed by atoms with E-state index in [2.05, 4.69) is 10.4 Å². The van der Waals surface area contributed by atoms with E-state index < -0.39 is 17.6 Å². The van der Waals surface area contributed by atoms with E-state index in [1.165, 1.54) is 22.7 Å². The standard InChI is InChI=1S/C16H14ClF3N4O2S/c1-9-4-13(21-14(25)6-23-8-27-7-15(23)26)24(22-9)12-5-10(16(18,19)20)2-3-11(12)17/h2-5H,6-8H2,1H3,(H,21,25). The number of rotatable bonds is 4. The third kappa shape index (κ3) is 4.38. The van der Waals surface area contributed by atoms with Gasteiger partial charge < -0.3 is 10.2 Å². The first-order valence-corrected chi connectivity index (χ1v) is 9.27. The molecule has 27 heavy (non-hydrogen) atoms. The maximum absolute atomic E-state index is 13.0. The molecule has 0 unspecified atom stereocenters. The van der Waals surface area contributed by atoms with Crippen LogP contribution in [0.1, 0.15) is 11.3 Å². The molecule has 0 aliphatic carbocycles. The number of carbonyl (C=O) groups excluding carboxylic acids is 2. The molecule has 0 radical (unpaired) electrons. The largest absolute Gasteiger partial charge is 0.416 e. The monoisotopic (exact) mass is 418 g/mol. The van der Waals surface area contributed by atoms with Crippen LogP contribution in [0.15, 0.2) is 24.3 Å². The van der Waals surface area contributed by atoms with E-state index in [4.69, 9.17) is 11.6 Å². The summed E-state index contributed by atoms with van der Waals surface area (Å²) in [5.41, 5.74) is -0.415. The van der Waals surface area contributed by atoms with E-state index in [-0.39, 0.29) is 29.0 Å². The second-order valence-corrected chi connectivity index (χ2v) is 7.23. The number of hydrogen-bond donors (Lipinski definition) is 1. The number of alkyl halides is 3. The molecule has 1 fully saturated rings. The Labute approximate surface area is 161 Å². The van der Waals surface area contributed by atoms with Gasteiger partial charge in [-0.15, -0.1) is 11.8 Å². The predicted molar refractivity (Wildman–Crippen MR) is 96.0 cm³/mol. The zero-order valence-electron chi connectivity index (χ0n) is 14.0. The number of anilines is 1. The lowest BCUT2D eigenvalue weighted by Gasteiger charge is -2.16. The molecule has 1 aromatic carbocycles. The highest BCUT2D eigenvalue weighted by Crippen LogP contribution is 2.34. The molecule has 1 aliphatic rings. The van der Waals surface area contributed by atoms with Crippen molar-refractivity contribution in [1.29, 1.82) is 0 Å². The molecule has 1 aromatic heterocycles. The number of nitrogens with zero attached hydrogens (tertiary/aromatic N) is 3. The summed E-state index contributed by atoms with van der Waals surface area (Å²) in [6.07, 6.45) is -4.54. The first-order valence-electron chi connectivity index (χ1n) is 7.74. The number of carbonyl (C=O) groups is 2. The molecule has 6 nitrogen and oxygen atoms in total. The third-order valence-electron chi connectivity index (χ3n) is 3.76. The molecular formula is C16H14ClF3N4O2S. The van der Waals surface area contributed by atoms with Crippen molar-refractivity contribution in [3.63, 3.8) is 0 Å². The average Bonchev–Trinajstić information content (AvgIpc) is 3.12. The smallest absolute Gasteiger partial charge is 0.323 e. The fraction of sp³-hybridized carbons (Fsp3) is 0.312. The second kappa shape index (κ2) is 7.43. The minimum absolute atomic E-state index is 0.0114. The molecule has 2 aromatic rings. The van der Waals surface area contributed by atoms with Crippen molar-refractivity contribution in [1.82, 2.24) is 14.7 Å². The SMILES string of the molecule is Cc1cc(NC(=O)CN2CSCC2=O)n(-c2cc(C(F)(F)F)ccc2Cl)n1. The number of amides is 2. The Kier molecular flexibility index (Phi) is 5.38. The minimum atomic E-state index is -4.54. The molecule has 1 N–H and O–H groups in total. The van der Waals surface area contributed by atoms with Gasteiger partial charge in [0.2, 0.25) is 11.8 Å². The Morgan fingerprint density at radius 3 is 2.74 bits per heavy atom. The quantitative estimate of drug-likeness (QED) is 0.827. The lowest BCUT2D eigenvalue weighted by atomic mass is 10.2. The Hall–Kier alpha value is -2.20. The summed E-state index contributed by atoms with van der Waals surface area (Å²) in [5, 5.41) is 6.76. The van der Waals surface area contributed by atoms with Gasteiger partial charge in [0.05, 0.1) is 33.6 Å². The molecule has 0 spiro atoms. The number of halogens is 4. The summed E-state index contributed by atoms with van der Waals surface area (Å²) < 4.78 is 40.2. The first-order chi connectivity index (χ1) is 12.6. The molecule has 11 heteroatoms. The highest BCUT2D eigenvalue weighted by Gasteiger charge is 2.31. The maximum Gasteiger partial charge on any atom is 0.416 e. The third-order valence-corrected chi connectivity index (χ3v) is 5.03. The van der Waals surface area contributed by atoms with Crippen LogP contribution >= 0.6 is 23.4 Å². The normalized spacial score (nSPS) is 14.7. The maximum atomic E-state index is 13.0. The number of nitrogens with one attached hydrogen (secondary N) is 1. The van der Waals surface area contributed by atoms with Gasteiger partial charge in [0.15, 0.2) is 0 Å². The first kappa shape index (κ1) is 19.6. The fourth-order valence-corrected chi connectivity index (χ4v) is 3.62. The molecule has 0 saturated carbocycles. The van der Waals surface area contributed by atoms with Crippen LogP contribution in [0, 0.1) is 6.92 Å². The minimum Gasteiger partial charge on any atom is -0.323 e. The number of thioether (sulfide) groups is 1.